The Kier molecular flexibility index (Phi) is 3.26. The number of carboxylic acids is 1. The number of rotatable bonds is 3. The minimum absolute atomic E-state index is 0.261. The lowest BCUT2D eigenvalue weighted by atomic mass is 10.0. The summed E-state index contributed by atoms with van der Waals surface area (Å²) >= 11 is 0. The fourth-order valence-corrected chi connectivity index (χ4v) is 2.68. The summed E-state index contributed by atoms with van der Waals surface area (Å²) in [5.74, 6) is -0.415. The maximum atomic E-state index is 11.1. The lowest BCUT2D eigenvalue weighted by molar-refractivity contribution is -0.143. The average molecular weight is 213 g/mol. The van der Waals surface area contributed by atoms with Crippen molar-refractivity contribution in [2.45, 2.75) is 38.3 Å². The molecule has 2 aliphatic rings. The molecule has 0 aromatic rings. The maximum absolute atomic E-state index is 11.1. The summed E-state index contributed by atoms with van der Waals surface area (Å²) in [6.45, 7) is 4.55. The van der Waals surface area contributed by atoms with E-state index in [1.165, 1.54) is 0 Å². The molecule has 0 aliphatic carbocycles. The summed E-state index contributed by atoms with van der Waals surface area (Å²) in [4.78, 5) is 13.2. The molecular weight excluding hydrogens is 194 g/mol. The average Bonchev–Trinajstić information content (AvgIpc) is 2.76. The third-order valence-electron chi connectivity index (χ3n) is 3.52. The predicted molar refractivity (Wildman–Crippen MR) is 55.8 cm³/mol. The SMILES string of the molecule is CC1CCN(CC2CCCO2)C1C(=O)O. The molecule has 0 saturated carbocycles. The molecule has 15 heavy (non-hydrogen) atoms. The fourth-order valence-electron chi connectivity index (χ4n) is 2.68. The van der Waals surface area contributed by atoms with Crippen molar-refractivity contribution in [1.82, 2.24) is 4.90 Å². The molecule has 2 rings (SSSR count). The van der Waals surface area contributed by atoms with Crippen molar-refractivity contribution < 1.29 is 14.6 Å². The van der Waals surface area contributed by atoms with Gasteiger partial charge in [0.25, 0.3) is 0 Å². The van der Waals surface area contributed by atoms with Crippen LogP contribution in [0.5, 0.6) is 0 Å². The highest BCUT2D eigenvalue weighted by Gasteiger charge is 2.37. The van der Waals surface area contributed by atoms with Gasteiger partial charge in [0.2, 0.25) is 0 Å². The van der Waals surface area contributed by atoms with E-state index in [1.54, 1.807) is 0 Å². The summed E-state index contributed by atoms with van der Waals surface area (Å²) in [6, 6.07) is -0.297. The van der Waals surface area contributed by atoms with Gasteiger partial charge in [0.1, 0.15) is 6.04 Å². The van der Waals surface area contributed by atoms with E-state index in [2.05, 4.69) is 4.90 Å². The number of ether oxygens (including phenoxy) is 1. The quantitative estimate of drug-likeness (QED) is 0.758. The Labute approximate surface area is 90.2 Å². The second-order valence-electron chi connectivity index (χ2n) is 4.68. The largest absolute Gasteiger partial charge is 0.480 e. The van der Waals surface area contributed by atoms with E-state index in [4.69, 9.17) is 9.84 Å². The lowest BCUT2D eigenvalue weighted by Gasteiger charge is -2.25. The van der Waals surface area contributed by atoms with E-state index in [9.17, 15) is 4.79 Å². The zero-order chi connectivity index (χ0) is 10.8. The van der Waals surface area contributed by atoms with Gasteiger partial charge in [-0.05, 0) is 31.7 Å². The molecule has 2 saturated heterocycles. The Morgan fingerprint density at radius 1 is 1.53 bits per heavy atom. The van der Waals surface area contributed by atoms with Crippen LogP contribution in [0, 0.1) is 5.92 Å². The van der Waals surface area contributed by atoms with Crippen molar-refractivity contribution in [2.75, 3.05) is 19.7 Å². The topological polar surface area (TPSA) is 49.8 Å². The first-order valence-electron chi connectivity index (χ1n) is 5.77. The lowest BCUT2D eigenvalue weighted by Crippen LogP contribution is -2.42. The molecule has 0 amide bonds. The van der Waals surface area contributed by atoms with Crippen molar-refractivity contribution >= 4 is 5.97 Å². The Bertz CT molecular complexity index is 238. The van der Waals surface area contributed by atoms with Gasteiger partial charge in [-0.25, -0.2) is 0 Å². The van der Waals surface area contributed by atoms with E-state index >= 15 is 0 Å². The van der Waals surface area contributed by atoms with Crippen molar-refractivity contribution in [3.05, 3.63) is 0 Å². The van der Waals surface area contributed by atoms with E-state index < -0.39 is 5.97 Å². The first-order chi connectivity index (χ1) is 7.18. The maximum Gasteiger partial charge on any atom is 0.321 e. The van der Waals surface area contributed by atoms with E-state index in [-0.39, 0.29) is 18.1 Å². The highest BCUT2D eigenvalue weighted by molar-refractivity contribution is 5.74. The molecule has 0 radical (unpaired) electrons. The van der Waals surface area contributed by atoms with Crippen LogP contribution in [0.15, 0.2) is 0 Å². The predicted octanol–water partition coefficient (Wildman–Crippen LogP) is 0.960. The number of carbonyl (C=O) groups is 1. The Hall–Kier alpha value is -0.610. The van der Waals surface area contributed by atoms with Gasteiger partial charge in [-0.3, -0.25) is 9.69 Å². The van der Waals surface area contributed by atoms with Crippen LogP contribution >= 0.6 is 0 Å². The van der Waals surface area contributed by atoms with E-state index in [0.717, 1.165) is 39.0 Å². The highest BCUT2D eigenvalue weighted by atomic mass is 16.5. The molecule has 2 aliphatic heterocycles. The van der Waals surface area contributed by atoms with E-state index in [0.29, 0.717) is 0 Å². The zero-order valence-electron chi connectivity index (χ0n) is 9.19. The number of carboxylic acid groups (broad SMARTS) is 1. The van der Waals surface area contributed by atoms with E-state index in [1.807, 2.05) is 6.92 Å². The van der Waals surface area contributed by atoms with Crippen LogP contribution in [0.25, 0.3) is 0 Å². The normalized spacial score (nSPS) is 37.3. The van der Waals surface area contributed by atoms with Crippen LogP contribution in [0.2, 0.25) is 0 Å². The highest BCUT2D eigenvalue weighted by Crippen LogP contribution is 2.26. The Morgan fingerprint density at radius 2 is 2.33 bits per heavy atom. The molecule has 3 atom stereocenters. The van der Waals surface area contributed by atoms with Gasteiger partial charge < -0.3 is 9.84 Å². The van der Waals surface area contributed by atoms with Crippen molar-refractivity contribution in [1.29, 1.82) is 0 Å². The minimum atomic E-state index is -0.682. The monoisotopic (exact) mass is 213 g/mol. The first-order valence-corrected chi connectivity index (χ1v) is 5.77. The number of aliphatic carboxylic acids is 1. The van der Waals surface area contributed by atoms with Gasteiger partial charge in [0.05, 0.1) is 6.10 Å². The number of hydrogen-bond acceptors (Lipinski definition) is 3. The van der Waals surface area contributed by atoms with Gasteiger partial charge in [0.15, 0.2) is 0 Å². The fraction of sp³-hybridized carbons (Fsp3) is 0.909. The molecule has 0 spiro atoms. The van der Waals surface area contributed by atoms with Crippen molar-refractivity contribution in [3.63, 3.8) is 0 Å². The molecule has 86 valence electrons. The van der Waals surface area contributed by atoms with Crippen LogP contribution in [0.1, 0.15) is 26.2 Å². The first kappa shape index (κ1) is 10.9. The Balaban J connectivity index is 1.92. The molecule has 2 heterocycles. The van der Waals surface area contributed by atoms with Crippen LogP contribution in [0.3, 0.4) is 0 Å². The van der Waals surface area contributed by atoms with Crippen LogP contribution in [-0.2, 0) is 9.53 Å². The van der Waals surface area contributed by atoms with Crippen LogP contribution in [0.4, 0.5) is 0 Å². The third-order valence-corrected chi connectivity index (χ3v) is 3.52. The number of nitrogens with zero attached hydrogens (tertiary/aromatic N) is 1. The summed E-state index contributed by atoms with van der Waals surface area (Å²) in [7, 11) is 0. The molecule has 0 bridgehead atoms. The summed E-state index contributed by atoms with van der Waals surface area (Å²) in [6.07, 6.45) is 3.45. The zero-order valence-corrected chi connectivity index (χ0v) is 9.19. The Morgan fingerprint density at radius 3 is 2.93 bits per heavy atom. The molecule has 4 heteroatoms. The smallest absolute Gasteiger partial charge is 0.321 e. The standard InChI is InChI=1S/C11H19NO3/c1-8-4-5-12(10(8)11(13)14)7-9-3-2-6-15-9/h8-10H,2-7H2,1H3,(H,13,14). The van der Waals surface area contributed by atoms with Crippen LogP contribution in [-0.4, -0.2) is 47.8 Å². The molecule has 4 nitrogen and oxygen atoms in total. The third kappa shape index (κ3) is 2.32. The summed E-state index contributed by atoms with van der Waals surface area (Å²) < 4.78 is 5.54. The van der Waals surface area contributed by atoms with Gasteiger partial charge in [-0.1, -0.05) is 6.92 Å². The molecule has 0 aromatic carbocycles. The molecular formula is C11H19NO3. The summed E-state index contributed by atoms with van der Waals surface area (Å²) in [5, 5.41) is 9.15. The van der Waals surface area contributed by atoms with Gasteiger partial charge in [-0.2, -0.15) is 0 Å². The van der Waals surface area contributed by atoms with Gasteiger partial charge in [-0.15, -0.1) is 0 Å². The molecule has 0 aromatic heterocycles. The number of hydrogen-bond donors (Lipinski definition) is 1. The second-order valence-corrected chi connectivity index (χ2v) is 4.68. The molecule has 1 N–H and O–H groups in total. The summed E-state index contributed by atoms with van der Waals surface area (Å²) in [5.41, 5.74) is 0. The minimum Gasteiger partial charge on any atom is -0.480 e. The number of likely N-dealkylation sites (tertiary alicyclic amines) is 1. The van der Waals surface area contributed by atoms with Gasteiger partial charge in [0, 0.05) is 13.2 Å². The van der Waals surface area contributed by atoms with Crippen LogP contribution < -0.4 is 0 Å². The molecule has 3 unspecified atom stereocenters. The van der Waals surface area contributed by atoms with Gasteiger partial charge >= 0.3 is 5.97 Å². The van der Waals surface area contributed by atoms with Crippen molar-refractivity contribution in [2.24, 2.45) is 5.92 Å². The molecule has 2 fully saturated rings. The second kappa shape index (κ2) is 4.49. The van der Waals surface area contributed by atoms with Crippen molar-refractivity contribution in [3.8, 4) is 0 Å².